The SMILES string of the molecule is O=C(/C=C\c1cccs1)c1ccc(N2CCC(O)CC2)cc1. The van der Waals surface area contributed by atoms with E-state index in [4.69, 9.17) is 0 Å². The molecule has 2 heterocycles. The van der Waals surface area contributed by atoms with E-state index in [9.17, 15) is 9.90 Å². The number of aliphatic hydroxyl groups is 1. The maximum atomic E-state index is 12.1. The lowest BCUT2D eigenvalue weighted by Crippen LogP contribution is -2.35. The molecule has 1 aliphatic heterocycles. The summed E-state index contributed by atoms with van der Waals surface area (Å²) in [5, 5.41) is 11.5. The van der Waals surface area contributed by atoms with Gasteiger partial charge in [-0.3, -0.25) is 4.79 Å². The fourth-order valence-corrected chi connectivity index (χ4v) is 3.22. The fraction of sp³-hybridized carbons (Fsp3) is 0.278. The summed E-state index contributed by atoms with van der Waals surface area (Å²) in [7, 11) is 0. The van der Waals surface area contributed by atoms with E-state index in [1.807, 2.05) is 47.9 Å². The van der Waals surface area contributed by atoms with Crippen molar-refractivity contribution in [3.63, 3.8) is 0 Å². The molecule has 1 aromatic heterocycles. The van der Waals surface area contributed by atoms with Gasteiger partial charge in [0.15, 0.2) is 5.78 Å². The van der Waals surface area contributed by atoms with Crippen molar-refractivity contribution in [3.8, 4) is 0 Å². The van der Waals surface area contributed by atoms with Crippen molar-refractivity contribution in [2.24, 2.45) is 0 Å². The van der Waals surface area contributed by atoms with Gasteiger partial charge in [-0.15, -0.1) is 11.3 Å². The largest absolute Gasteiger partial charge is 0.393 e. The summed E-state index contributed by atoms with van der Waals surface area (Å²) in [6, 6.07) is 11.7. The third-order valence-corrected chi connectivity index (χ3v) is 4.76. The minimum atomic E-state index is -0.167. The quantitative estimate of drug-likeness (QED) is 0.692. The van der Waals surface area contributed by atoms with Crippen molar-refractivity contribution >= 4 is 28.9 Å². The summed E-state index contributed by atoms with van der Waals surface area (Å²) in [6.07, 6.45) is 4.93. The molecule has 22 heavy (non-hydrogen) atoms. The van der Waals surface area contributed by atoms with E-state index >= 15 is 0 Å². The molecule has 0 spiro atoms. The topological polar surface area (TPSA) is 40.5 Å². The fourth-order valence-electron chi connectivity index (χ4n) is 2.60. The zero-order chi connectivity index (χ0) is 15.4. The number of rotatable bonds is 4. The van der Waals surface area contributed by atoms with Gasteiger partial charge in [0.1, 0.15) is 0 Å². The standard InChI is InChI=1S/C18H19NO2S/c20-16-9-11-19(12-10-16)15-5-3-14(4-6-15)18(21)8-7-17-2-1-13-22-17/h1-8,13,16,20H,9-12H2/b8-7-. The van der Waals surface area contributed by atoms with Crippen molar-refractivity contribution in [3.05, 3.63) is 58.3 Å². The zero-order valence-electron chi connectivity index (χ0n) is 12.3. The predicted molar refractivity (Wildman–Crippen MR) is 91.6 cm³/mol. The molecule has 0 amide bonds. The molecular weight excluding hydrogens is 294 g/mol. The van der Waals surface area contributed by atoms with Crippen molar-refractivity contribution in [1.29, 1.82) is 0 Å². The van der Waals surface area contributed by atoms with Crippen LogP contribution >= 0.6 is 11.3 Å². The predicted octanol–water partition coefficient (Wildman–Crippen LogP) is 3.61. The molecule has 1 saturated heterocycles. The van der Waals surface area contributed by atoms with Gasteiger partial charge in [0.25, 0.3) is 0 Å². The first-order chi connectivity index (χ1) is 10.7. The molecule has 0 radical (unpaired) electrons. The van der Waals surface area contributed by atoms with Gasteiger partial charge in [-0.05, 0) is 60.7 Å². The van der Waals surface area contributed by atoms with Crippen molar-refractivity contribution in [1.82, 2.24) is 0 Å². The molecular formula is C18H19NO2S. The first-order valence-corrected chi connectivity index (χ1v) is 8.39. The molecule has 114 valence electrons. The number of allylic oxidation sites excluding steroid dienone is 1. The summed E-state index contributed by atoms with van der Waals surface area (Å²) in [6.45, 7) is 1.74. The highest BCUT2D eigenvalue weighted by Gasteiger charge is 2.17. The van der Waals surface area contributed by atoms with Crippen LogP contribution in [0.3, 0.4) is 0 Å². The van der Waals surface area contributed by atoms with Crippen LogP contribution in [0.2, 0.25) is 0 Å². The van der Waals surface area contributed by atoms with Crippen LogP contribution < -0.4 is 4.90 Å². The van der Waals surface area contributed by atoms with Crippen LogP contribution in [0.15, 0.2) is 47.9 Å². The van der Waals surface area contributed by atoms with Crippen molar-refractivity contribution < 1.29 is 9.90 Å². The average Bonchev–Trinajstić information content (AvgIpc) is 3.07. The van der Waals surface area contributed by atoms with Gasteiger partial charge in [0.05, 0.1) is 6.10 Å². The Balaban J connectivity index is 1.65. The van der Waals surface area contributed by atoms with Crippen LogP contribution in [0.1, 0.15) is 28.1 Å². The van der Waals surface area contributed by atoms with E-state index < -0.39 is 0 Å². The smallest absolute Gasteiger partial charge is 0.185 e. The number of piperidine rings is 1. The Labute approximate surface area is 134 Å². The summed E-state index contributed by atoms with van der Waals surface area (Å²) in [4.78, 5) is 15.5. The molecule has 0 saturated carbocycles. The number of carbonyl (C=O) groups is 1. The lowest BCUT2D eigenvalue weighted by Gasteiger charge is -2.31. The number of hydrogen-bond acceptors (Lipinski definition) is 4. The van der Waals surface area contributed by atoms with Crippen LogP contribution in [0.25, 0.3) is 6.08 Å². The van der Waals surface area contributed by atoms with Crippen LogP contribution in [0, 0.1) is 0 Å². The van der Waals surface area contributed by atoms with Gasteiger partial charge in [-0.1, -0.05) is 6.07 Å². The molecule has 3 rings (SSSR count). The van der Waals surface area contributed by atoms with Crippen LogP contribution in [0.4, 0.5) is 5.69 Å². The Kier molecular flexibility index (Phi) is 4.71. The number of anilines is 1. The third kappa shape index (κ3) is 3.64. The highest BCUT2D eigenvalue weighted by atomic mass is 32.1. The van der Waals surface area contributed by atoms with Crippen LogP contribution in [-0.4, -0.2) is 30.1 Å². The van der Waals surface area contributed by atoms with Gasteiger partial charge in [0.2, 0.25) is 0 Å². The Hall–Kier alpha value is -1.91. The Morgan fingerprint density at radius 1 is 1.18 bits per heavy atom. The van der Waals surface area contributed by atoms with E-state index in [-0.39, 0.29) is 11.9 Å². The summed E-state index contributed by atoms with van der Waals surface area (Å²) in [5.74, 6) is 0.0222. The molecule has 1 fully saturated rings. The van der Waals surface area contributed by atoms with E-state index in [1.54, 1.807) is 17.4 Å². The van der Waals surface area contributed by atoms with Gasteiger partial charge in [-0.25, -0.2) is 0 Å². The summed E-state index contributed by atoms with van der Waals surface area (Å²) >= 11 is 1.62. The number of ketones is 1. The van der Waals surface area contributed by atoms with Gasteiger partial charge in [0, 0.05) is 29.2 Å². The van der Waals surface area contributed by atoms with Crippen molar-refractivity contribution in [2.75, 3.05) is 18.0 Å². The number of aliphatic hydroxyl groups excluding tert-OH is 1. The number of benzene rings is 1. The third-order valence-electron chi connectivity index (χ3n) is 3.92. The average molecular weight is 313 g/mol. The molecule has 1 N–H and O–H groups in total. The van der Waals surface area contributed by atoms with Crippen LogP contribution in [0.5, 0.6) is 0 Å². The molecule has 0 atom stereocenters. The Bertz CT molecular complexity index is 638. The highest BCUT2D eigenvalue weighted by molar-refractivity contribution is 7.10. The van der Waals surface area contributed by atoms with E-state index in [1.165, 1.54) is 0 Å². The molecule has 1 aromatic carbocycles. The number of hydrogen-bond donors (Lipinski definition) is 1. The number of carbonyl (C=O) groups excluding carboxylic acids is 1. The summed E-state index contributed by atoms with van der Waals surface area (Å²) in [5.41, 5.74) is 1.82. The normalized spacial score (nSPS) is 16.3. The number of thiophene rings is 1. The summed E-state index contributed by atoms with van der Waals surface area (Å²) < 4.78 is 0. The molecule has 0 aliphatic carbocycles. The van der Waals surface area contributed by atoms with Crippen LogP contribution in [-0.2, 0) is 0 Å². The van der Waals surface area contributed by atoms with Gasteiger partial charge >= 0.3 is 0 Å². The molecule has 3 nitrogen and oxygen atoms in total. The monoisotopic (exact) mass is 313 g/mol. The van der Waals surface area contributed by atoms with Gasteiger partial charge in [-0.2, -0.15) is 0 Å². The number of nitrogens with zero attached hydrogens (tertiary/aromatic N) is 1. The van der Waals surface area contributed by atoms with E-state index in [0.717, 1.165) is 36.5 Å². The first kappa shape index (κ1) is 15.0. The minimum Gasteiger partial charge on any atom is -0.393 e. The van der Waals surface area contributed by atoms with Crippen molar-refractivity contribution in [2.45, 2.75) is 18.9 Å². The second-order valence-corrected chi connectivity index (χ2v) is 6.46. The van der Waals surface area contributed by atoms with E-state index in [2.05, 4.69) is 4.90 Å². The maximum Gasteiger partial charge on any atom is 0.185 e. The van der Waals surface area contributed by atoms with Gasteiger partial charge < -0.3 is 10.0 Å². The highest BCUT2D eigenvalue weighted by Crippen LogP contribution is 2.21. The lowest BCUT2D eigenvalue weighted by atomic mass is 10.1. The Morgan fingerprint density at radius 3 is 2.55 bits per heavy atom. The Morgan fingerprint density at radius 2 is 1.91 bits per heavy atom. The lowest BCUT2D eigenvalue weighted by molar-refractivity contribution is 0.104. The molecule has 1 aliphatic rings. The second-order valence-electron chi connectivity index (χ2n) is 5.48. The first-order valence-electron chi connectivity index (χ1n) is 7.51. The molecule has 0 bridgehead atoms. The molecule has 2 aromatic rings. The zero-order valence-corrected chi connectivity index (χ0v) is 13.1. The minimum absolute atomic E-state index is 0.0222. The molecule has 4 heteroatoms. The molecule has 0 unspecified atom stereocenters. The second kappa shape index (κ2) is 6.90. The van der Waals surface area contributed by atoms with E-state index in [0.29, 0.717) is 5.56 Å². The maximum absolute atomic E-state index is 12.1.